The molecule has 2 rings (SSSR count). The number of nitrogens with zero attached hydrogens (tertiary/aromatic N) is 4. The number of nitrogens with one attached hydrogen (secondary N) is 1. The van der Waals surface area contributed by atoms with Gasteiger partial charge in [0.25, 0.3) is 5.91 Å². The van der Waals surface area contributed by atoms with Gasteiger partial charge in [-0.15, -0.1) is 0 Å². The van der Waals surface area contributed by atoms with Gasteiger partial charge >= 0.3 is 0 Å². The lowest BCUT2D eigenvalue weighted by Crippen LogP contribution is -2.52. The number of aromatic nitrogens is 3. The molecule has 0 radical (unpaired) electrons. The van der Waals surface area contributed by atoms with Crippen molar-refractivity contribution in [3.05, 3.63) is 11.6 Å². The summed E-state index contributed by atoms with van der Waals surface area (Å²) in [6, 6.07) is 0.340. The van der Waals surface area contributed by atoms with E-state index < -0.39 is 0 Å². The standard InChI is InChI=1S/C16H29N5O2/c1-5-13(6-2)14(21-7-9-23-10-8-21)11-17-16(22)15-18-12(3)19-20(15)4/h13-14H,5-11H2,1-4H3,(H,17,22)/t14-/m1/s1. The highest BCUT2D eigenvalue weighted by atomic mass is 16.5. The molecule has 0 spiro atoms. The zero-order valence-electron chi connectivity index (χ0n) is 14.7. The average Bonchev–Trinajstić information content (AvgIpc) is 2.90. The van der Waals surface area contributed by atoms with Gasteiger partial charge in [-0.3, -0.25) is 9.69 Å². The largest absolute Gasteiger partial charge is 0.379 e. The van der Waals surface area contributed by atoms with E-state index in [4.69, 9.17) is 4.74 Å². The summed E-state index contributed by atoms with van der Waals surface area (Å²) in [7, 11) is 1.75. The van der Waals surface area contributed by atoms with Crippen molar-refractivity contribution in [3.8, 4) is 0 Å². The summed E-state index contributed by atoms with van der Waals surface area (Å²) in [5.74, 6) is 1.39. The number of carbonyl (C=O) groups is 1. The van der Waals surface area contributed by atoms with Crippen molar-refractivity contribution in [2.75, 3.05) is 32.8 Å². The summed E-state index contributed by atoms with van der Waals surface area (Å²) in [5.41, 5.74) is 0. The van der Waals surface area contributed by atoms with Gasteiger partial charge in [0.05, 0.1) is 13.2 Å². The molecule has 23 heavy (non-hydrogen) atoms. The number of amides is 1. The van der Waals surface area contributed by atoms with Crippen molar-refractivity contribution >= 4 is 5.91 Å². The van der Waals surface area contributed by atoms with E-state index in [9.17, 15) is 4.79 Å². The highest BCUT2D eigenvalue weighted by Crippen LogP contribution is 2.19. The molecule has 1 aromatic heterocycles. The SMILES string of the molecule is CCC(CC)[C@@H](CNC(=O)c1nc(C)nn1C)N1CCOCC1. The molecule has 0 saturated carbocycles. The van der Waals surface area contributed by atoms with E-state index in [1.54, 1.807) is 14.0 Å². The number of hydrogen-bond acceptors (Lipinski definition) is 5. The number of carbonyl (C=O) groups excluding carboxylic acids is 1. The fourth-order valence-electron chi connectivity index (χ4n) is 3.32. The summed E-state index contributed by atoms with van der Waals surface area (Å²) in [6.45, 7) is 10.3. The zero-order chi connectivity index (χ0) is 16.8. The first-order valence-corrected chi connectivity index (χ1v) is 8.54. The fourth-order valence-corrected chi connectivity index (χ4v) is 3.32. The lowest BCUT2D eigenvalue weighted by atomic mass is 9.92. The predicted molar refractivity (Wildman–Crippen MR) is 88.3 cm³/mol. The smallest absolute Gasteiger partial charge is 0.288 e. The van der Waals surface area contributed by atoms with Crippen LogP contribution in [-0.4, -0.2) is 64.5 Å². The van der Waals surface area contributed by atoms with Crippen LogP contribution < -0.4 is 5.32 Å². The van der Waals surface area contributed by atoms with Crippen LogP contribution >= 0.6 is 0 Å². The van der Waals surface area contributed by atoms with Crippen molar-refractivity contribution in [3.63, 3.8) is 0 Å². The van der Waals surface area contributed by atoms with Crippen molar-refractivity contribution in [1.29, 1.82) is 0 Å². The quantitative estimate of drug-likeness (QED) is 0.810. The maximum absolute atomic E-state index is 12.4. The first-order chi connectivity index (χ1) is 11.1. The van der Waals surface area contributed by atoms with Crippen LogP contribution in [-0.2, 0) is 11.8 Å². The zero-order valence-corrected chi connectivity index (χ0v) is 14.7. The number of morpholine rings is 1. The van der Waals surface area contributed by atoms with Gasteiger partial charge in [0, 0.05) is 32.7 Å². The third kappa shape index (κ3) is 4.51. The molecule has 7 nitrogen and oxygen atoms in total. The van der Waals surface area contributed by atoms with Crippen LogP contribution in [0, 0.1) is 12.8 Å². The average molecular weight is 323 g/mol. The summed E-state index contributed by atoms with van der Waals surface area (Å²) >= 11 is 0. The van der Waals surface area contributed by atoms with Crippen LogP contribution in [0.4, 0.5) is 0 Å². The number of aryl methyl sites for hydroxylation is 2. The summed E-state index contributed by atoms with van der Waals surface area (Å²) in [5, 5.41) is 7.19. The van der Waals surface area contributed by atoms with Gasteiger partial charge < -0.3 is 10.1 Å². The number of rotatable bonds is 7. The Morgan fingerprint density at radius 2 is 1.96 bits per heavy atom. The van der Waals surface area contributed by atoms with Crippen LogP contribution in [0.3, 0.4) is 0 Å². The van der Waals surface area contributed by atoms with Gasteiger partial charge in [-0.1, -0.05) is 26.7 Å². The maximum Gasteiger partial charge on any atom is 0.288 e. The van der Waals surface area contributed by atoms with E-state index in [0.29, 0.717) is 30.2 Å². The molecule has 1 aliphatic heterocycles. The van der Waals surface area contributed by atoms with E-state index in [0.717, 1.165) is 39.1 Å². The monoisotopic (exact) mass is 323 g/mol. The van der Waals surface area contributed by atoms with Crippen LogP contribution in [0.2, 0.25) is 0 Å². The molecule has 1 atom stereocenters. The van der Waals surface area contributed by atoms with E-state index in [1.807, 2.05) is 0 Å². The highest BCUT2D eigenvalue weighted by Gasteiger charge is 2.27. The summed E-state index contributed by atoms with van der Waals surface area (Å²) in [6.07, 6.45) is 2.22. The van der Waals surface area contributed by atoms with Gasteiger partial charge in [0.2, 0.25) is 5.82 Å². The minimum absolute atomic E-state index is 0.155. The Kier molecular flexibility index (Phi) is 6.53. The van der Waals surface area contributed by atoms with Crippen molar-refractivity contribution in [1.82, 2.24) is 25.0 Å². The van der Waals surface area contributed by atoms with Gasteiger partial charge in [-0.2, -0.15) is 5.10 Å². The molecule has 2 heterocycles. The van der Waals surface area contributed by atoms with Crippen LogP contribution in [0.15, 0.2) is 0 Å². The second kappa shape index (κ2) is 8.40. The number of hydrogen-bond donors (Lipinski definition) is 1. The first-order valence-electron chi connectivity index (χ1n) is 8.54. The molecular formula is C16H29N5O2. The first kappa shape index (κ1) is 17.9. The molecular weight excluding hydrogens is 294 g/mol. The molecule has 1 fully saturated rings. The van der Waals surface area contributed by atoms with E-state index in [-0.39, 0.29) is 5.91 Å². The third-order valence-electron chi connectivity index (χ3n) is 4.65. The molecule has 1 saturated heterocycles. The molecule has 0 aliphatic carbocycles. The van der Waals surface area contributed by atoms with E-state index >= 15 is 0 Å². The summed E-state index contributed by atoms with van der Waals surface area (Å²) in [4.78, 5) is 19.0. The molecule has 7 heteroatoms. The lowest BCUT2D eigenvalue weighted by Gasteiger charge is -2.38. The molecule has 1 N–H and O–H groups in total. The summed E-state index contributed by atoms with van der Waals surface area (Å²) < 4.78 is 6.99. The Labute approximate surface area is 138 Å². The molecule has 1 aromatic rings. The maximum atomic E-state index is 12.4. The minimum Gasteiger partial charge on any atom is -0.379 e. The molecule has 0 unspecified atom stereocenters. The van der Waals surface area contributed by atoms with Gasteiger partial charge in [0.15, 0.2) is 0 Å². The molecule has 0 bridgehead atoms. The Morgan fingerprint density at radius 3 is 2.48 bits per heavy atom. The topological polar surface area (TPSA) is 72.3 Å². The second-order valence-electron chi connectivity index (χ2n) is 6.11. The minimum atomic E-state index is -0.155. The second-order valence-corrected chi connectivity index (χ2v) is 6.11. The van der Waals surface area contributed by atoms with Gasteiger partial charge in [-0.25, -0.2) is 9.67 Å². The Balaban J connectivity index is 2.02. The van der Waals surface area contributed by atoms with Gasteiger partial charge in [0.1, 0.15) is 5.82 Å². The highest BCUT2D eigenvalue weighted by molar-refractivity contribution is 5.90. The van der Waals surface area contributed by atoms with Crippen LogP contribution in [0.25, 0.3) is 0 Å². The number of ether oxygens (including phenoxy) is 1. The predicted octanol–water partition coefficient (Wildman–Crippen LogP) is 0.990. The van der Waals surface area contributed by atoms with E-state index in [2.05, 4.69) is 34.1 Å². The van der Waals surface area contributed by atoms with Crippen LogP contribution in [0.5, 0.6) is 0 Å². The third-order valence-corrected chi connectivity index (χ3v) is 4.65. The molecule has 0 aromatic carbocycles. The lowest BCUT2D eigenvalue weighted by molar-refractivity contribution is 0.00187. The normalized spacial score (nSPS) is 17.4. The molecule has 1 amide bonds. The Hall–Kier alpha value is -1.47. The molecule has 130 valence electrons. The molecule has 1 aliphatic rings. The van der Waals surface area contributed by atoms with Crippen LogP contribution in [0.1, 0.15) is 43.1 Å². The Morgan fingerprint density at radius 1 is 1.30 bits per heavy atom. The van der Waals surface area contributed by atoms with E-state index in [1.165, 1.54) is 4.68 Å². The Bertz CT molecular complexity index is 507. The van der Waals surface area contributed by atoms with Gasteiger partial charge in [-0.05, 0) is 12.8 Å². The van der Waals surface area contributed by atoms with Crippen molar-refractivity contribution in [2.45, 2.75) is 39.7 Å². The van der Waals surface area contributed by atoms with Crippen molar-refractivity contribution in [2.24, 2.45) is 13.0 Å². The van der Waals surface area contributed by atoms with Crippen molar-refractivity contribution < 1.29 is 9.53 Å². The fraction of sp³-hybridized carbons (Fsp3) is 0.812.